The number of nitrogens with zero attached hydrogens (tertiary/aromatic N) is 1. The Bertz CT molecular complexity index is 749. The summed E-state index contributed by atoms with van der Waals surface area (Å²) in [5.41, 5.74) is 1.36. The van der Waals surface area contributed by atoms with Crippen LogP contribution in [0.2, 0.25) is 5.02 Å². The van der Waals surface area contributed by atoms with Crippen LogP contribution in [0.1, 0.15) is 5.56 Å². The van der Waals surface area contributed by atoms with Gasteiger partial charge in [0, 0.05) is 23.5 Å². The first-order valence-electron chi connectivity index (χ1n) is 6.73. The summed E-state index contributed by atoms with van der Waals surface area (Å²) in [7, 11) is 0. The molecule has 0 aliphatic rings. The number of anilines is 1. The molecule has 0 saturated heterocycles. The minimum absolute atomic E-state index is 0.0803. The molecule has 23 heavy (non-hydrogen) atoms. The Morgan fingerprint density at radius 2 is 1.83 bits per heavy atom. The van der Waals surface area contributed by atoms with Gasteiger partial charge in [-0.2, -0.15) is 5.26 Å². The Balaban J connectivity index is 1.95. The monoisotopic (exact) mass is 329 g/mol. The summed E-state index contributed by atoms with van der Waals surface area (Å²) in [5.74, 6) is -0.863. The summed E-state index contributed by atoms with van der Waals surface area (Å²) in [6.07, 6.45) is 1.28. The molecule has 0 spiro atoms. The number of carbonyl (C=O) groups excluding carboxylic acids is 1. The lowest BCUT2D eigenvalue weighted by Crippen LogP contribution is -2.24. The number of halogens is 2. The zero-order valence-electron chi connectivity index (χ0n) is 12.0. The van der Waals surface area contributed by atoms with Crippen molar-refractivity contribution >= 4 is 23.2 Å². The Labute approximate surface area is 138 Å². The van der Waals surface area contributed by atoms with E-state index in [0.717, 1.165) is 5.56 Å². The zero-order valence-corrected chi connectivity index (χ0v) is 12.8. The second-order valence-electron chi connectivity index (χ2n) is 4.63. The molecule has 0 bridgehead atoms. The van der Waals surface area contributed by atoms with Crippen molar-refractivity contribution in [2.45, 2.75) is 6.54 Å². The smallest absolute Gasteiger partial charge is 0.263 e. The van der Waals surface area contributed by atoms with Crippen molar-refractivity contribution in [1.29, 1.82) is 5.26 Å². The normalized spacial score (nSPS) is 10.7. The van der Waals surface area contributed by atoms with Crippen molar-refractivity contribution in [1.82, 2.24) is 5.32 Å². The number of nitriles is 1. The highest BCUT2D eigenvalue weighted by molar-refractivity contribution is 6.30. The van der Waals surface area contributed by atoms with Gasteiger partial charge < -0.3 is 10.6 Å². The molecule has 0 unspecified atom stereocenters. The molecule has 0 atom stereocenters. The summed E-state index contributed by atoms with van der Waals surface area (Å²) in [4.78, 5) is 12.0. The summed E-state index contributed by atoms with van der Waals surface area (Å²) in [6.45, 7) is 0.283. The van der Waals surface area contributed by atoms with Gasteiger partial charge in [-0.05, 0) is 42.0 Å². The van der Waals surface area contributed by atoms with Crippen LogP contribution in [-0.2, 0) is 11.3 Å². The number of hydrogen-bond donors (Lipinski definition) is 2. The lowest BCUT2D eigenvalue weighted by atomic mass is 10.2. The highest BCUT2D eigenvalue weighted by Gasteiger charge is 2.08. The number of amides is 1. The van der Waals surface area contributed by atoms with Crippen LogP contribution in [0.4, 0.5) is 10.1 Å². The van der Waals surface area contributed by atoms with Crippen LogP contribution in [0.25, 0.3) is 0 Å². The molecule has 2 aromatic rings. The van der Waals surface area contributed by atoms with Gasteiger partial charge in [0.15, 0.2) is 0 Å². The van der Waals surface area contributed by atoms with E-state index in [0.29, 0.717) is 10.7 Å². The van der Waals surface area contributed by atoms with Crippen molar-refractivity contribution in [3.8, 4) is 6.07 Å². The number of benzene rings is 2. The van der Waals surface area contributed by atoms with E-state index in [9.17, 15) is 9.18 Å². The summed E-state index contributed by atoms with van der Waals surface area (Å²) in [6, 6.07) is 14.4. The van der Waals surface area contributed by atoms with Crippen molar-refractivity contribution in [2.24, 2.45) is 0 Å². The van der Waals surface area contributed by atoms with E-state index >= 15 is 0 Å². The Kier molecular flexibility index (Phi) is 5.73. The van der Waals surface area contributed by atoms with Crippen molar-refractivity contribution in [2.75, 3.05) is 5.32 Å². The fourth-order valence-electron chi connectivity index (χ4n) is 1.73. The zero-order chi connectivity index (χ0) is 16.7. The molecule has 2 aromatic carbocycles. The lowest BCUT2D eigenvalue weighted by Gasteiger charge is -2.05. The molecule has 0 radical (unpaired) electrons. The highest BCUT2D eigenvalue weighted by Crippen LogP contribution is 2.10. The van der Waals surface area contributed by atoms with Gasteiger partial charge in [0.05, 0.1) is 0 Å². The Hall–Kier alpha value is -2.84. The van der Waals surface area contributed by atoms with E-state index in [4.69, 9.17) is 16.9 Å². The molecule has 0 aliphatic heterocycles. The molecule has 116 valence electrons. The van der Waals surface area contributed by atoms with Gasteiger partial charge in [-0.1, -0.05) is 23.7 Å². The second kappa shape index (κ2) is 7.97. The van der Waals surface area contributed by atoms with Crippen LogP contribution in [0.15, 0.2) is 60.3 Å². The minimum atomic E-state index is -0.503. The predicted octanol–water partition coefficient (Wildman–Crippen LogP) is 3.61. The Morgan fingerprint density at radius 3 is 2.43 bits per heavy atom. The average molecular weight is 330 g/mol. The average Bonchev–Trinajstić information content (AvgIpc) is 2.56. The van der Waals surface area contributed by atoms with E-state index in [1.165, 1.54) is 30.5 Å². The maximum Gasteiger partial charge on any atom is 0.263 e. The fraction of sp³-hybridized carbons (Fsp3) is 0.0588. The molecule has 0 aliphatic carbocycles. The Morgan fingerprint density at radius 1 is 1.17 bits per heavy atom. The largest absolute Gasteiger partial charge is 0.360 e. The van der Waals surface area contributed by atoms with E-state index in [2.05, 4.69) is 10.6 Å². The van der Waals surface area contributed by atoms with E-state index in [-0.39, 0.29) is 17.9 Å². The van der Waals surface area contributed by atoms with Gasteiger partial charge in [-0.15, -0.1) is 0 Å². The van der Waals surface area contributed by atoms with Crippen LogP contribution < -0.4 is 10.6 Å². The summed E-state index contributed by atoms with van der Waals surface area (Å²) >= 11 is 5.79. The van der Waals surface area contributed by atoms with Gasteiger partial charge >= 0.3 is 0 Å². The first kappa shape index (κ1) is 16.5. The van der Waals surface area contributed by atoms with Crippen molar-refractivity contribution in [3.05, 3.63) is 76.7 Å². The minimum Gasteiger partial charge on any atom is -0.360 e. The lowest BCUT2D eigenvalue weighted by molar-refractivity contribution is -0.117. The number of nitrogens with one attached hydrogen (secondary N) is 2. The van der Waals surface area contributed by atoms with Gasteiger partial charge in [0.25, 0.3) is 5.91 Å². The van der Waals surface area contributed by atoms with Crippen LogP contribution in [0, 0.1) is 17.1 Å². The van der Waals surface area contributed by atoms with Crippen molar-refractivity contribution < 1.29 is 9.18 Å². The third-order valence-corrected chi connectivity index (χ3v) is 3.21. The molecule has 2 rings (SSSR count). The predicted molar refractivity (Wildman–Crippen MR) is 87.0 cm³/mol. The van der Waals surface area contributed by atoms with E-state index < -0.39 is 5.91 Å². The topological polar surface area (TPSA) is 64.9 Å². The van der Waals surface area contributed by atoms with Crippen LogP contribution in [0.3, 0.4) is 0 Å². The number of carbonyl (C=O) groups is 1. The van der Waals surface area contributed by atoms with Gasteiger partial charge in [0.2, 0.25) is 0 Å². The van der Waals surface area contributed by atoms with Crippen LogP contribution in [0.5, 0.6) is 0 Å². The molecule has 2 N–H and O–H groups in total. The second-order valence-corrected chi connectivity index (χ2v) is 5.07. The SMILES string of the molecule is N#C/C(=C/Nc1ccc(F)cc1)C(=O)NCc1ccc(Cl)cc1. The molecular formula is C17H13ClFN3O. The standard InChI is InChI=1S/C17H13ClFN3O/c18-14-3-1-12(2-4-14)10-22-17(23)13(9-20)11-21-16-7-5-15(19)6-8-16/h1-8,11,21H,10H2,(H,22,23)/b13-11-. The third-order valence-electron chi connectivity index (χ3n) is 2.96. The molecule has 0 aromatic heterocycles. The fourth-order valence-corrected chi connectivity index (χ4v) is 1.86. The van der Waals surface area contributed by atoms with Crippen LogP contribution in [-0.4, -0.2) is 5.91 Å². The molecular weight excluding hydrogens is 317 g/mol. The van der Waals surface area contributed by atoms with Gasteiger partial charge in [-0.3, -0.25) is 4.79 Å². The van der Waals surface area contributed by atoms with Crippen LogP contribution >= 0.6 is 11.6 Å². The molecule has 0 heterocycles. The maximum absolute atomic E-state index is 12.8. The van der Waals surface area contributed by atoms with Gasteiger partial charge in [-0.25, -0.2) is 4.39 Å². The summed E-state index contributed by atoms with van der Waals surface area (Å²) < 4.78 is 12.8. The van der Waals surface area contributed by atoms with Crippen molar-refractivity contribution in [3.63, 3.8) is 0 Å². The van der Waals surface area contributed by atoms with Gasteiger partial charge in [0.1, 0.15) is 17.5 Å². The highest BCUT2D eigenvalue weighted by atomic mass is 35.5. The maximum atomic E-state index is 12.8. The summed E-state index contributed by atoms with van der Waals surface area (Å²) in [5, 5.41) is 15.1. The third kappa shape index (κ3) is 5.13. The quantitative estimate of drug-likeness (QED) is 0.650. The van der Waals surface area contributed by atoms with E-state index in [1.54, 1.807) is 24.3 Å². The molecule has 0 fully saturated rings. The first-order valence-corrected chi connectivity index (χ1v) is 7.11. The van der Waals surface area contributed by atoms with E-state index in [1.807, 2.05) is 6.07 Å². The molecule has 4 nitrogen and oxygen atoms in total. The number of rotatable bonds is 5. The molecule has 1 amide bonds. The molecule has 6 heteroatoms. The number of hydrogen-bond acceptors (Lipinski definition) is 3. The first-order chi connectivity index (χ1) is 11.1. The molecule has 0 saturated carbocycles.